The van der Waals surface area contributed by atoms with E-state index in [2.05, 4.69) is 0 Å². The zero-order chi connectivity index (χ0) is 13.2. The van der Waals surface area contributed by atoms with Crippen LogP contribution in [-0.4, -0.2) is 24.4 Å². The lowest BCUT2D eigenvalue weighted by molar-refractivity contribution is -0.176. The number of carboxylic acids is 1. The number of methoxy groups -OCH3 is 1. The maximum absolute atomic E-state index is 12.7. The highest BCUT2D eigenvalue weighted by Crippen LogP contribution is 2.39. The summed E-state index contributed by atoms with van der Waals surface area (Å²) in [6.45, 7) is 1.58. The first-order chi connectivity index (χ1) is 7.77. The number of aryl methyl sites for hydroxylation is 1. The quantitative estimate of drug-likeness (QED) is 0.894. The van der Waals surface area contributed by atoms with Crippen molar-refractivity contribution in [2.45, 2.75) is 19.0 Å². The Morgan fingerprint density at radius 1 is 1.41 bits per heavy atom. The molecule has 1 atom stereocenters. The number of benzene rings is 1. The van der Waals surface area contributed by atoms with Gasteiger partial charge in [0, 0.05) is 5.56 Å². The van der Waals surface area contributed by atoms with Gasteiger partial charge in [-0.3, -0.25) is 4.79 Å². The van der Waals surface area contributed by atoms with E-state index in [1.54, 1.807) is 13.0 Å². The van der Waals surface area contributed by atoms with Gasteiger partial charge in [-0.2, -0.15) is 13.2 Å². The SMILES string of the molecule is COc1ccc(C)cc1C(C(=O)O)C(F)(F)F. The maximum Gasteiger partial charge on any atom is 0.406 e. The van der Waals surface area contributed by atoms with E-state index in [-0.39, 0.29) is 11.3 Å². The van der Waals surface area contributed by atoms with Crippen LogP contribution in [0.4, 0.5) is 13.2 Å². The van der Waals surface area contributed by atoms with Gasteiger partial charge in [-0.05, 0) is 13.0 Å². The Hall–Kier alpha value is -1.72. The highest BCUT2D eigenvalue weighted by Gasteiger charge is 2.47. The van der Waals surface area contributed by atoms with E-state index >= 15 is 0 Å². The molecule has 0 radical (unpaired) electrons. The lowest BCUT2D eigenvalue weighted by Gasteiger charge is -2.19. The number of carbonyl (C=O) groups is 1. The molecule has 6 heteroatoms. The van der Waals surface area contributed by atoms with E-state index in [1.165, 1.54) is 19.2 Å². The van der Waals surface area contributed by atoms with Crippen LogP contribution in [0.5, 0.6) is 5.75 Å². The summed E-state index contributed by atoms with van der Waals surface area (Å²) >= 11 is 0. The first kappa shape index (κ1) is 13.3. The van der Waals surface area contributed by atoms with Gasteiger partial charge >= 0.3 is 12.1 Å². The Kier molecular flexibility index (Phi) is 3.65. The van der Waals surface area contributed by atoms with Gasteiger partial charge < -0.3 is 9.84 Å². The minimum Gasteiger partial charge on any atom is -0.496 e. The van der Waals surface area contributed by atoms with Crippen molar-refractivity contribution in [3.05, 3.63) is 29.3 Å². The van der Waals surface area contributed by atoms with Crippen LogP contribution in [-0.2, 0) is 4.79 Å². The summed E-state index contributed by atoms with van der Waals surface area (Å²) in [6.07, 6.45) is -4.85. The van der Waals surface area contributed by atoms with Crippen LogP contribution in [0, 0.1) is 6.92 Å². The largest absolute Gasteiger partial charge is 0.496 e. The lowest BCUT2D eigenvalue weighted by atomic mass is 9.96. The number of ether oxygens (including phenoxy) is 1. The first-order valence-corrected chi connectivity index (χ1v) is 4.71. The molecule has 1 aromatic carbocycles. The number of aliphatic carboxylic acids is 1. The molecule has 1 rings (SSSR count). The number of halogens is 3. The highest BCUT2D eigenvalue weighted by atomic mass is 19.4. The Morgan fingerprint density at radius 2 is 2.00 bits per heavy atom. The first-order valence-electron chi connectivity index (χ1n) is 4.71. The van der Waals surface area contributed by atoms with Gasteiger partial charge in [0.25, 0.3) is 0 Å². The van der Waals surface area contributed by atoms with Gasteiger partial charge in [-0.1, -0.05) is 17.7 Å². The van der Waals surface area contributed by atoms with Gasteiger partial charge in [0.2, 0.25) is 0 Å². The molecule has 0 fully saturated rings. The molecule has 0 spiro atoms. The van der Waals surface area contributed by atoms with Gasteiger partial charge in [0.15, 0.2) is 5.92 Å². The third-order valence-corrected chi connectivity index (χ3v) is 2.27. The van der Waals surface area contributed by atoms with Crippen molar-refractivity contribution in [2.75, 3.05) is 7.11 Å². The molecule has 0 heterocycles. The van der Waals surface area contributed by atoms with Crippen molar-refractivity contribution in [1.29, 1.82) is 0 Å². The van der Waals surface area contributed by atoms with Crippen molar-refractivity contribution in [3.63, 3.8) is 0 Å². The monoisotopic (exact) mass is 248 g/mol. The number of carboxylic acid groups (broad SMARTS) is 1. The average Bonchev–Trinajstić information content (AvgIpc) is 2.15. The van der Waals surface area contributed by atoms with Crippen LogP contribution < -0.4 is 4.74 Å². The highest BCUT2D eigenvalue weighted by molar-refractivity contribution is 5.78. The molecule has 0 amide bonds. The second-order valence-electron chi connectivity index (χ2n) is 3.56. The maximum atomic E-state index is 12.7. The molecule has 17 heavy (non-hydrogen) atoms. The lowest BCUT2D eigenvalue weighted by Crippen LogP contribution is -2.28. The van der Waals surface area contributed by atoms with Crippen molar-refractivity contribution in [2.24, 2.45) is 0 Å². The minimum atomic E-state index is -4.85. The summed E-state index contributed by atoms with van der Waals surface area (Å²) in [5.41, 5.74) is 0.156. The fourth-order valence-electron chi connectivity index (χ4n) is 1.53. The van der Waals surface area contributed by atoms with Crippen molar-refractivity contribution in [1.82, 2.24) is 0 Å². The van der Waals surface area contributed by atoms with Crippen LogP contribution in [0.1, 0.15) is 17.0 Å². The Bertz CT molecular complexity index is 426. The number of rotatable bonds is 3. The van der Waals surface area contributed by atoms with Gasteiger partial charge in [0.1, 0.15) is 5.75 Å². The molecular weight excluding hydrogens is 237 g/mol. The van der Waals surface area contributed by atoms with E-state index in [9.17, 15) is 18.0 Å². The summed E-state index contributed by atoms with van der Waals surface area (Å²) in [7, 11) is 1.20. The molecule has 0 aliphatic heterocycles. The Morgan fingerprint density at radius 3 is 2.41 bits per heavy atom. The fourth-order valence-corrected chi connectivity index (χ4v) is 1.53. The summed E-state index contributed by atoms with van der Waals surface area (Å²) in [4.78, 5) is 10.8. The van der Waals surface area contributed by atoms with Crippen LogP contribution >= 0.6 is 0 Å². The standard InChI is InChI=1S/C11H11F3O3/c1-6-3-4-8(17-2)7(5-6)9(10(15)16)11(12,13)14/h3-5,9H,1-2H3,(H,15,16). The molecule has 0 saturated carbocycles. The summed E-state index contributed by atoms with van der Waals surface area (Å²) < 4.78 is 42.8. The van der Waals surface area contributed by atoms with Crippen LogP contribution in [0.3, 0.4) is 0 Å². The van der Waals surface area contributed by atoms with Crippen LogP contribution in [0.15, 0.2) is 18.2 Å². The molecule has 0 aliphatic rings. The normalized spacial score (nSPS) is 13.2. The Labute approximate surface area is 95.8 Å². The van der Waals surface area contributed by atoms with E-state index in [1.807, 2.05) is 0 Å². The molecule has 1 N–H and O–H groups in total. The smallest absolute Gasteiger partial charge is 0.406 e. The molecule has 0 aromatic heterocycles. The number of hydrogen-bond acceptors (Lipinski definition) is 2. The van der Waals surface area contributed by atoms with Gasteiger partial charge in [-0.15, -0.1) is 0 Å². The molecule has 0 bridgehead atoms. The van der Waals surface area contributed by atoms with Crippen molar-refractivity contribution in [3.8, 4) is 5.75 Å². The van der Waals surface area contributed by atoms with Crippen molar-refractivity contribution < 1.29 is 27.8 Å². The van der Waals surface area contributed by atoms with E-state index < -0.39 is 18.1 Å². The number of hydrogen-bond donors (Lipinski definition) is 1. The number of alkyl halides is 3. The zero-order valence-electron chi connectivity index (χ0n) is 9.21. The molecule has 0 saturated heterocycles. The predicted octanol–water partition coefficient (Wildman–Crippen LogP) is 2.73. The third-order valence-electron chi connectivity index (χ3n) is 2.27. The van der Waals surface area contributed by atoms with Gasteiger partial charge in [-0.25, -0.2) is 0 Å². The molecule has 0 aliphatic carbocycles. The van der Waals surface area contributed by atoms with Crippen LogP contribution in [0.2, 0.25) is 0 Å². The topological polar surface area (TPSA) is 46.5 Å². The molecule has 94 valence electrons. The molecule has 1 unspecified atom stereocenters. The van der Waals surface area contributed by atoms with E-state index in [0.717, 1.165) is 0 Å². The summed E-state index contributed by atoms with van der Waals surface area (Å²) in [5, 5.41) is 8.70. The van der Waals surface area contributed by atoms with E-state index in [4.69, 9.17) is 9.84 Å². The molecule has 3 nitrogen and oxygen atoms in total. The fraction of sp³-hybridized carbons (Fsp3) is 0.364. The second kappa shape index (κ2) is 4.65. The summed E-state index contributed by atoms with van der Waals surface area (Å²) in [6, 6.07) is 4.05. The van der Waals surface area contributed by atoms with Crippen molar-refractivity contribution >= 4 is 5.97 Å². The van der Waals surface area contributed by atoms with Gasteiger partial charge in [0.05, 0.1) is 7.11 Å². The van der Waals surface area contributed by atoms with E-state index in [0.29, 0.717) is 5.56 Å². The van der Waals surface area contributed by atoms with Crippen LogP contribution in [0.25, 0.3) is 0 Å². The molecular formula is C11H11F3O3. The third kappa shape index (κ3) is 2.89. The Balaban J connectivity index is 3.37. The predicted molar refractivity (Wildman–Crippen MR) is 54.2 cm³/mol. The zero-order valence-corrected chi connectivity index (χ0v) is 9.21. The average molecular weight is 248 g/mol. The molecule has 1 aromatic rings. The minimum absolute atomic E-state index is 0.0830. The second-order valence-corrected chi connectivity index (χ2v) is 3.56. The summed E-state index contributed by atoms with van der Waals surface area (Å²) in [5.74, 6) is -4.60.